The van der Waals surface area contributed by atoms with Gasteiger partial charge in [-0.2, -0.15) is 5.26 Å². The summed E-state index contributed by atoms with van der Waals surface area (Å²) in [4.78, 5) is 37.1. The SMILES string of the molecule is N#Cc1ccc(C(=O)OCC(=O)Nc2ccc(Cl)cc2C(=O)c2ccccc2)cc1. The van der Waals surface area contributed by atoms with Gasteiger partial charge in [0.25, 0.3) is 5.91 Å². The van der Waals surface area contributed by atoms with Crippen LogP contribution in [-0.4, -0.2) is 24.3 Å². The second kappa shape index (κ2) is 9.50. The van der Waals surface area contributed by atoms with Crippen molar-refractivity contribution in [1.82, 2.24) is 0 Å². The maximum atomic E-state index is 12.8. The third kappa shape index (κ3) is 5.10. The minimum atomic E-state index is -0.702. The average molecular weight is 419 g/mol. The zero-order valence-electron chi connectivity index (χ0n) is 15.6. The lowest BCUT2D eigenvalue weighted by atomic mass is 10.0. The fourth-order valence-corrected chi connectivity index (χ4v) is 2.81. The molecule has 0 spiro atoms. The largest absolute Gasteiger partial charge is 0.452 e. The van der Waals surface area contributed by atoms with Crippen molar-refractivity contribution < 1.29 is 19.1 Å². The number of halogens is 1. The van der Waals surface area contributed by atoms with E-state index in [1.165, 1.54) is 36.4 Å². The third-order valence-corrected chi connectivity index (χ3v) is 4.36. The van der Waals surface area contributed by atoms with Crippen LogP contribution in [0, 0.1) is 11.3 Å². The van der Waals surface area contributed by atoms with E-state index in [2.05, 4.69) is 5.32 Å². The highest BCUT2D eigenvalue weighted by Crippen LogP contribution is 2.23. The molecule has 0 aliphatic carbocycles. The third-order valence-electron chi connectivity index (χ3n) is 4.12. The molecule has 1 N–H and O–H groups in total. The monoisotopic (exact) mass is 418 g/mol. The number of carbonyl (C=O) groups is 3. The van der Waals surface area contributed by atoms with Crippen LogP contribution in [0.1, 0.15) is 31.8 Å². The molecule has 0 aromatic heterocycles. The van der Waals surface area contributed by atoms with Crippen molar-refractivity contribution in [2.24, 2.45) is 0 Å². The molecule has 6 nitrogen and oxygen atoms in total. The quantitative estimate of drug-likeness (QED) is 0.477. The summed E-state index contributed by atoms with van der Waals surface area (Å²) in [5, 5.41) is 11.7. The number of amides is 1. The van der Waals surface area contributed by atoms with E-state index in [1.807, 2.05) is 6.07 Å². The molecular formula is C23H15ClN2O4. The van der Waals surface area contributed by atoms with Crippen molar-refractivity contribution in [2.45, 2.75) is 0 Å². The van der Waals surface area contributed by atoms with Gasteiger partial charge in [-0.1, -0.05) is 41.9 Å². The first kappa shape index (κ1) is 20.8. The van der Waals surface area contributed by atoms with Gasteiger partial charge in [0.2, 0.25) is 0 Å². The van der Waals surface area contributed by atoms with E-state index in [0.29, 0.717) is 16.1 Å². The molecule has 0 saturated heterocycles. The summed E-state index contributed by atoms with van der Waals surface area (Å²) in [6, 6.07) is 20.9. The molecule has 148 valence electrons. The molecule has 3 rings (SSSR count). The number of nitriles is 1. The predicted octanol–water partition coefficient (Wildman–Crippen LogP) is 4.24. The number of nitrogens with one attached hydrogen (secondary N) is 1. The Labute approximate surface area is 177 Å². The second-order valence-corrected chi connectivity index (χ2v) is 6.63. The molecule has 0 heterocycles. The van der Waals surface area contributed by atoms with Gasteiger partial charge in [0.1, 0.15) is 0 Å². The lowest BCUT2D eigenvalue weighted by Crippen LogP contribution is -2.22. The molecule has 0 aliphatic rings. The predicted molar refractivity (Wildman–Crippen MR) is 111 cm³/mol. The maximum Gasteiger partial charge on any atom is 0.338 e. The molecule has 0 radical (unpaired) electrons. The van der Waals surface area contributed by atoms with Gasteiger partial charge in [-0.25, -0.2) is 4.79 Å². The van der Waals surface area contributed by atoms with Gasteiger partial charge < -0.3 is 10.1 Å². The van der Waals surface area contributed by atoms with Crippen LogP contribution in [-0.2, 0) is 9.53 Å². The average Bonchev–Trinajstić information content (AvgIpc) is 2.78. The molecule has 0 saturated carbocycles. The summed E-state index contributed by atoms with van der Waals surface area (Å²) in [6.07, 6.45) is 0. The Bertz CT molecular complexity index is 1140. The molecule has 0 unspecified atom stereocenters. The van der Waals surface area contributed by atoms with Crippen molar-refractivity contribution in [1.29, 1.82) is 5.26 Å². The fraction of sp³-hybridized carbons (Fsp3) is 0.0435. The van der Waals surface area contributed by atoms with Crippen molar-refractivity contribution >= 4 is 34.9 Å². The maximum absolute atomic E-state index is 12.8. The van der Waals surface area contributed by atoms with Gasteiger partial charge in [-0.15, -0.1) is 0 Å². The van der Waals surface area contributed by atoms with Gasteiger partial charge in [0.05, 0.1) is 22.9 Å². The highest BCUT2D eigenvalue weighted by Gasteiger charge is 2.17. The van der Waals surface area contributed by atoms with Gasteiger partial charge in [0, 0.05) is 16.1 Å². The molecule has 3 aromatic carbocycles. The Kier molecular flexibility index (Phi) is 6.58. The molecule has 0 atom stereocenters. The van der Waals surface area contributed by atoms with Gasteiger partial charge in [0.15, 0.2) is 12.4 Å². The Morgan fingerprint density at radius 1 is 0.933 bits per heavy atom. The van der Waals surface area contributed by atoms with Gasteiger partial charge in [-0.3, -0.25) is 9.59 Å². The van der Waals surface area contributed by atoms with Crippen LogP contribution in [0.3, 0.4) is 0 Å². The first-order valence-corrected chi connectivity index (χ1v) is 9.22. The van der Waals surface area contributed by atoms with E-state index < -0.39 is 18.5 Å². The van der Waals surface area contributed by atoms with Crippen LogP contribution >= 0.6 is 11.6 Å². The Hall–Kier alpha value is -3.95. The van der Waals surface area contributed by atoms with Crippen LogP contribution in [0.15, 0.2) is 72.8 Å². The summed E-state index contributed by atoms with van der Waals surface area (Å²) in [5.41, 5.74) is 1.55. The van der Waals surface area contributed by atoms with E-state index in [9.17, 15) is 14.4 Å². The number of ketones is 1. The fourth-order valence-electron chi connectivity index (χ4n) is 2.64. The van der Waals surface area contributed by atoms with E-state index in [-0.39, 0.29) is 22.6 Å². The van der Waals surface area contributed by atoms with Gasteiger partial charge in [-0.05, 0) is 42.5 Å². The summed E-state index contributed by atoms with van der Waals surface area (Å²) in [5.74, 6) is -1.62. The number of rotatable bonds is 6. The van der Waals surface area contributed by atoms with Crippen molar-refractivity contribution in [3.05, 3.63) is 100 Å². The zero-order chi connectivity index (χ0) is 21.5. The Morgan fingerprint density at radius 2 is 1.63 bits per heavy atom. The first-order chi connectivity index (χ1) is 14.5. The summed E-state index contributed by atoms with van der Waals surface area (Å²) < 4.78 is 5.00. The molecule has 1 amide bonds. The van der Waals surface area contributed by atoms with E-state index >= 15 is 0 Å². The minimum absolute atomic E-state index is 0.216. The number of anilines is 1. The van der Waals surface area contributed by atoms with Crippen LogP contribution in [0.25, 0.3) is 0 Å². The lowest BCUT2D eigenvalue weighted by Gasteiger charge is -2.11. The summed E-state index contributed by atoms with van der Waals surface area (Å²) in [7, 11) is 0. The zero-order valence-corrected chi connectivity index (χ0v) is 16.3. The van der Waals surface area contributed by atoms with E-state index in [4.69, 9.17) is 21.6 Å². The van der Waals surface area contributed by atoms with Gasteiger partial charge >= 0.3 is 5.97 Å². The van der Waals surface area contributed by atoms with Crippen molar-refractivity contribution in [3.63, 3.8) is 0 Å². The first-order valence-electron chi connectivity index (χ1n) is 8.84. The summed E-state index contributed by atoms with van der Waals surface area (Å²) in [6.45, 7) is -0.541. The topological polar surface area (TPSA) is 96.3 Å². The molecular weight excluding hydrogens is 404 g/mol. The Balaban J connectivity index is 1.68. The molecule has 0 fully saturated rings. The van der Waals surface area contributed by atoms with Crippen LogP contribution in [0.4, 0.5) is 5.69 Å². The standard InChI is InChI=1S/C23H15ClN2O4/c24-18-10-11-20(19(12-18)22(28)16-4-2-1-3-5-16)26-21(27)14-30-23(29)17-8-6-15(13-25)7-9-17/h1-12H,14H2,(H,26,27). The number of hydrogen-bond donors (Lipinski definition) is 1. The second-order valence-electron chi connectivity index (χ2n) is 6.20. The summed E-state index contributed by atoms with van der Waals surface area (Å²) >= 11 is 6.02. The Morgan fingerprint density at radius 3 is 2.30 bits per heavy atom. The highest BCUT2D eigenvalue weighted by atomic mass is 35.5. The van der Waals surface area contributed by atoms with Crippen LogP contribution in [0.2, 0.25) is 5.02 Å². The molecule has 30 heavy (non-hydrogen) atoms. The van der Waals surface area contributed by atoms with Crippen LogP contribution in [0.5, 0.6) is 0 Å². The number of carbonyl (C=O) groups excluding carboxylic acids is 3. The van der Waals surface area contributed by atoms with E-state index in [1.54, 1.807) is 36.4 Å². The highest BCUT2D eigenvalue weighted by molar-refractivity contribution is 6.31. The molecule has 7 heteroatoms. The molecule has 0 bridgehead atoms. The minimum Gasteiger partial charge on any atom is -0.452 e. The normalized spacial score (nSPS) is 10.0. The molecule has 0 aliphatic heterocycles. The number of ether oxygens (including phenoxy) is 1. The lowest BCUT2D eigenvalue weighted by molar-refractivity contribution is -0.119. The number of hydrogen-bond acceptors (Lipinski definition) is 5. The molecule has 3 aromatic rings. The number of nitrogens with zero attached hydrogens (tertiary/aromatic N) is 1. The smallest absolute Gasteiger partial charge is 0.338 e. The van der Waals surface area contributed by atoms with Crippen molar-refractivity contribution in [3.8, 4) is 6.07 Å². The number of benzene rings is 3. The number of esters is 1. The van der Waals surface area contributed by atoms with Crippen LogP contribution < -0.4 is 5.32 Å². The van der Waals surface area contributed by atoms with E-state index in [0.717, 1.165) is 0 Å². The van der Waals surface area contributed by atoms with Crippen molar-refractivity contribution in [2.75, 3.05) is 11.9 Å².